The Balaban J connectivity index is 1.97. The van der Waals surface area contributed by atoms with Crippen LogP contribution >= 0.6 is 12.2 Å². The number of piperidine rings is 1. The van der Waals surface area contributed by atoms with Crippen molar-refractivity contribution in [2.24, 2.45) is 0 Å². The predicted molar refractivity (Wildman–Crippen MR) is 92.1 cm³/mol. The molecule has 1 heterocycles. The fraction of sp³-hybridized carbons (Fsp3) is 0.562. The van der Waals surface area contributed by atoms with Crippen LogP contribution in [0.15, 0.2) is 24.3 Å². The van der Waals surface area contributed by atoms with Crippen LogP contribution in [0.1, 0.15) is 19.8 Å². The van der Waals surface area contributed by atoms with Gasteiger partial charge in [0, 0.05) is 13.1 Å². The number of nitrogens with zero attached hydrogens (tertiary/aromatic N) is 2. The maximum absolute atomic E-state index is 5.63. The Bertz CT molecular complexity index is 472. The van der Waals surface area contributed by atoms with Crippen molar-refractivity contribution in [3.05, 3.63) is 24.3 Å². The fourth-order valence-corrected chi connectivity index (χ4v) is 2.86. The smallest absolute Gasteiger partial charge is 0.173 e. The van der Waals surface area contributed by atoms with Crippen LogP contribution in [0.25, 0.3) is 0 Å². The highest BCUT2D eigenvalue weighted by Crippen LogP contribution is 2.24. The largest absolute Gasteiger partial charge is 0.492 e. The van der Waals surface area contributed by atoms with Crippen molar-refractivity contribution in [3.8, 4) is 5.75 Å². The molecule has 5 heteroatoms. The monoisotopic (exact) mass is 307 g/mol. The van der Waals surface area contributed by atoms with E-state index in [1.165, 1.54) is 0 Å². The van der Waals surface area contributed by atoms with Gasteiger partial charge in [0.2, 0.25) is 0 Å². The minimum absolute atomic E-state index is 0.514. The summed E-state index contributed by atoms with van der Waals surface area (Å²) in [5.41, 5.74) is 0.934. The van der Waals surface area contributed by atoms with Crippen molar-refractivity contribution in [3.63, 3.8) is 0 Å². The molecule has 0 aliphatic carbocycles. The lowest BCUT2D eigenvalue weighted by molar-refractivity contribution is 0.193. The molecule has 0 atom stereocenters. The van der Waals surface area contributed by atoms with Gasteiger partial charge in [-0.3, -0.25) is 0 Å². The van der Waals surface area contributed by atoms with Crippen LogP contribution in [0.2, 0.25) is 0 Å². The number of benzene rings is 1. The first-order valence-corrected chi connectivity index (χ1v) is 7.96. The summed E-state index contributed by atoms with van der Waals surface area (Å²) in [7, 11) is 4.25. The molecule has 1 aromatic rings. The standard InChI is InChI=1S/C16H25N3OS/c1-4-20-15-8-6-5-7-14(15)17-16(21)19(3)13-9-11-18(2)12-10-13/h5-8,13H,4,9-12H2,1-3H3,(H,17,21). The maximum Gasteiger partial charge on any atom is 0.173 e. The number of likely N-dealkylation sites (tertiary alicyclic amines) is 1. The van der Waals surface area contributed by atoms with E-state index in [1.54, 1.807) is 0 Å². The Kier molecular flexibility index (Phi) is 5.82. The molecule has 21 heavy (non-hydrogen) atoms. The molecule has 0 unspecified atom stereocenters. The van der Waals surface area contributed by atoms with Gasteiger partial charge >= 0.3 is 0 Å². The minimum Gasteiger partial charge on any atom is -0.492 e. The average molecular weight is 307 g/mol. The number of hydrogen-bond donors (Lipinski definition) is 1. The van der Waals surface area contributed by atoms with E-state index in [9.17, 15) is 0 Å². The van der Waals surface area contributed by atoms with Crippen LogP contribution in [0, 0.1) is 0 Å². The second-order valence-corrected chi connectivity index (χ2v) is 5.89. The Morgan fingerprint density at radius 3 is 2.71 bits per heavy atom. The molecular weight excluding hydrogens is 282 g/mol. The average Bonchev–Trinajstić information content (AvgIpc) is 2.49. The van der Waals surface area contributed by atoms with E-state index in [1.807, 2.05) is 31.2 Å². The molecule has 0 bridgehead atoms. The van der Waals surface area contributed by atoms with E-state index in [0.717, 1.165) is 42.5 Å². The lowest BCUT2D eigenvalue weighted by Crippen LogP contribution is -2.45. The highest BCUT2D eigenvalue weighted by molar-refractivity contribution is 7.80. The van der Waals surface area contributed by atoms with Gasteiger partial charge in [0.25, 0.3) is 0 Å². The summed E-state index contributed by atoms with van der Waals surface area (Å²) in [5.74, 6) is 0.846. The van der Waals surface area contributed by atoms with Gasteiger partial charge in [-0.1, -0.05) is 12.1 Å². The van der Waals surface area contributed by atoms with E-state index >= 15 is 0 Å². The van der Waals surface area contributed by atoms with E-state index in [2.05, 4.69) is 29.2 Å². The normalized spacial score (nSPS) is 16.5. The van der Waals surface area contributed by atoms with Gasteiger partial charge in [-0.15, -0.1) is 0 Å². The highest BCUT2D eigenvalue weighted by atomic mass is 32.1. The summed E-state index contributed by atoms with van der Waals surface area (Å²) in [6.07, 6.45) is 2.31. The third-order valence-electron chi connectivity index (χ3n) is 3.98. The molecule has 1 saturated heterocycles. The molecule has 1 aliphatic rings. The van der Waals surface area contributed by atoms with Crippen molar-refractivity contribution < 1.29 is 4.74 Å². The number of anilines is 1. The van der Waals surface area contributed by atoms with Crippen molar-refractivity contribution in [1.29, 1.82) is 0 Å². The Hall–Kier alpha value is -1.33. The van der Waals surface area contributed by atoms with Crippen molar-refractivity contribution >= 4 is 23.0 Å². The number of para-hydroxylation sites is 2. The number of nitrogens with one attached hydrogen (secondary N) is 1. The van der Waals surface area contributed by atoms with Gasteiger partial charge in [-0.05, 0) is 64.3 Å². The zero-order valence-electron chi connectivity index (χ0n) is 13.1. The van der Waals surface area contributed by atoms with E-state index in [0.29, 0.717) is 12.6 Å². The number of thiocarbonyl (C=S) groups is 1. The van der Waals surface area contributed by atoms with Gasteiger partial charge in [0.05, 0.1) is 12.3 Å². The second-order valence-electron chi connectivity index (χ2n) is 5.50. The molecule has 0 spiro atoms. The van der Waals surface area contributed by atoms with Gasteiger partial charge in [-0.2, -0.15) is 0 Å². The van der Waals surface area contributed by atoms with Crippen LogP contribution in [0.5, 0.6) is 5.75 Å². The summed E-state index contributed by atoms with van der Waals surface area (Å²) in [6.45, 7) is 4.90. The molecule has 4 nitrogen and oxygen atoms in total. The van der Waals surface area contributed by atoms with Gasteiger partial charge in [0.1, 0.15) is 5.75 Å². The summed E-state index contributed by atoms with van der Waals surface area (Å²) in [6, 6.07) is 8.44. The van der Waals surface area contributed by atoms with Crippen LogP contribution in [0.3, 0.4) is 0 Å². The lowest BCUT2D eigenvalue weighted by atomic mass is 10.0. The molecule has 1 aromatic carbocycles. The zero-order chi connectivity index (χ0) is 15.2. The topological polar surface area (TPSA) is 27.7 Å². The van der Waals surface area contributed by atoms with Crippen LogP contribution in [-0.2, 0) is 0 Å². The molecule has 0 radical (unpaired) electrons. The summed E-state index contributed by atoms with van der Waals surface area (Å²) < 4.78 is 5.63. The number of rotatable bonds is 4. The minimum atomic E-state index is 0.514. The third kappa shape index (κ3) is 4.32. The Morgan fingerprint density at radius 1 is 1.38 bits per heavy atom. The van der Waals surface area contributed by atoms with Crippen LogP contribution in [-0.4, -0.2) is 54.7 Å². The van der Waals surface area contributed by atoms with Gasteiger partial charge in [0.15, 0.2) is 5.11 Å². The molecule has 1 fully saturated rings. The van der Waals surface area contributed by atoms with Gasteiger partial charge in [-0.25, -0.2) is 0 Å². The Morgan fingerprint density at radius 2 is 2.05 bits per heavy atom. The van der Waals surface area contributed by atoms with Crippen molar-refractivity contribution in [2.75, 3.05) is 39.1 Å². The summed E-state index contributed by atoms with van der Waals surface area (Å²) >= 11 is 5.56. The lowest BCUT2D eigenvalue weighted by Gasteiger charge is -2.36. The SMILES string of the molecule is CCOc1ccccc1NC(=S)N(C)C1CCN(C)CC1. The summed E-state index contributed by atoms with van der Waals surface area (Å²) in [4.78, 5) is 4.55. The highest BCUT2D eigenvalue weighted by Gasteiger charge is 2.22. The third-order valence-corrected chi connectivity index (χ3v) is 4.37. The molecule has 2 rings (SSSR count). The Labute approximate surface area is 133 Å². The first kappa shape index (κ1) is 16.0. The molecular formula is C16H25N3OS. The quantitative estimate of drug-likeness (QED) is 0.864. The van der Waals surface area contributed by atoms with Crippen molar-refractivity contribution in [1.82, 2.24) is 9.80 Å². The second kappa shape index (κ2) is 7.61. The molecule has 1 aliphatic heterocycles. The number of ether oxygens (including phenoxy) is 1. The molecule has 1 N–H and O–H groups in total. The predicted octanol–water partition coefficient (Wildman–Crippen LogP) is 2.81. The fourth-order valence-electron chi connectivity index (χ4n) is 2.60. The van der Waals surface area contributed by atoms with E-state index < -0.39 is 0 Å². The van der Waals surface area contributed by atoms with E-state index in [-0.39, 0.29) is 0 Å². The van der Waals surface area contributed by atoms with Crippen molar-refractivity contribution in [2.45, 2.75) is 25.8 Å². The molecule has 116 valence electrons. The zero-order valence-corrected chi connectivity index (χ0v) is 13.9. The van der Waals surface area contributed by atoms with Crippen LogP contribution in [0.4, 0.5) is 5.69 Å². The number of hydrogen-bond acceptors (Lipinski definition) is 3. The van der Waals surface area contributed by atoms with Crippen LogP contribution < -0.4 is 10.1 Å². The molecule has 0 amide bonds. The molecule has 0 aromatic heterocycles. The van der Waals surface area contributed by atoms with E-state index in [4.69, 9.17) is 17.0 Å². The molecule has 0 saturated carbocycles. The first-order valence-electron chi connectivity index (χ1n) is 7.56. The summed E-state index contributed by atoms with van der Waals surface area (Å²) in [5, 5.41) is 4.08. The van der Waals surface area contributed by atoms with Gasteiger partial charge < -0.3 is 19.9 Å². The maximum atomic E-state index is 5.63. The first-order chi connectivity index (χ1) is 10.1.